The Balaban J connectivity index is 2.02. The molecule has 1 aromatic rings. The monoisotopic (exact) mass is 326 g/mol. The van der Waals surface area contributed by atoms with Gasteiger partial charge < -0.3 is 15.0 Å². The van der Waals surface area contributed by atoms with Crippen molar-refractivity contribution in [2.24, 2.45) is 5.92 Å². The lowest BCUT2D eigenvalue weighted by molar-refractivity contribution is 0.186. The molecule has 1 aromatic carbocycles. The number of halogens is 1. The zero-order valence-electron chi connectivity index (χ0n) is 11.3. The Bertz CT molecular complexity index is 457. The lowest BCUT2D eigenvalue weighted by atomic mass is 10.00. The Morgan fingerprint density at radius 2 is 2.11 bits per heavy atom. The van der Waals surface area contributed by atoms with Crippen LogP contribution in [-0.2, 0) is 0 Å². The van der Waals surface area contributed by atoms with Gasteiger partial charge in [0.05, 0.1) is 12.8 Å². The van der Waals surface area contributed by atoms with Gasteiger partial charge in [0, 0.05) is 23.6 Å². The van der Waals surface area contributed by atoms with Gasteiger partial charge in [-0.1, -0.05) is 6.92 Å². The van der Waals surface area contributed by atoms with Gasteiger partial charge in [-0.15, -0.1) is 0 Å². The number of carbonyl (C=O) groups excluding carboxylic acids is 1. The number of amides is 2. The predicted octanol–water partition coefficient (Wildman–Crippen LogP) is 3.72. The number of methoxy groups -OCH3 is 1. The molecule has 2 rings (SSSR count). The molecule has 4 nitrogen and oxygen atoms in total. The van der Waals surface area contributed by atoms with E-state index in [0.29, 0.717) is 5.92 Å². The molecule has 1 N–H and O–H groups in total. The maximum Gasteiger partial charge on any atom is 0.321 e. The van der Waals surface area contributed by atoms with Gasteiger partial charge in [-0.05, 0) is 46.8 Å². The number of likely N-dealkylation sites (tertiary alicyclic amines) is 1. The quantitative estimate of drug-likeness (QED) is 0.899. The highest BCUT2D eigenvalue weighted by Crippen LogP contribution is 2.27. The molecule has 0 atom stereocenters. The largest absolute Gasteiger partial charge is 0.497 e. The second-order valence-corrected chi connectivity index (χ2v) is 5.80. The van der Waals surface area contributed by atoms with Crippen molar-refractivity contribution in [1.82, 2.24) is 4.90 Å². The van der Waals surface area contributed by atoms with Crippen molar-refractivity contribution in [3.63, 3.8) is 0 Å². The van der Waals surface area contributed by atoms with Crippen molar-refractivity contribution in [2.45, 2.75) is 19.8 Å². The molecule has 1 aliphatic heterocycles. The Hall–Kier alpha value is -1.23. The van der Waals surface area contributed by atoms with Gasteiger partial charge in [-0.2, -0.15) is 0 Å². The lowest BCUT2D eigenvalue weighted by Crippen LogP contribution is -2.40. The average Bonchev–Trinajstić information content (AvgIpc) is 2.42. The second-order valence-electron chi connectivity index (χ2n) is 4.95. The molecule has 1 fully saturated rings. The topological polar surface area (TPSA) is 41.6 Å². The summed E-state index contributed by atoms with van der Waals surface area (Å²) in [4.78, 5) is 14.0. The van der Waals surface area contributed by atoms with E-state index in [1.165, 1.54) is 0 Å². The van der Waals surface area contributed by atoms with Gasteiger partial charge in [-0.3, -0.25) is 0 Å². The number of piperidine rings is 1. The van der Waals surface area contributed by atoms with Gasteiger partial charge >= 0.3 is 6.03 Å². The van der Waals surface area contributed by atoms with Crippen LogP contribution in [0.25, 0.3) is 0 Å². The fourth-order valence-electron chi connectivity index (χ4n) is 2.13. The molecule has 1 aliphatic rings. The SMILES string of the molecule is COc1ccc(Br)c(NC(=O)N2CCC(C)CC2)c1. The zero-order chi connectivity index (χ0) is 13.8. The first kappa shape index (κ1) is 14.2. The molecule has 0 radical (unpaired) electrons. The van der Waals surface area contributed by atoms with Gasteiger partial charge in [0.2, 0.25) is 0 Å². The molecular weight excluding hydrogens is 308 g/mol. The highest BCUT2D eigenvalue weighted by atomic mass is 79.9. The van der Waals surface area contributed by atoms with Crippen LogP contribution in [0.15, 0.2) is 22.7 Å². The van der Waals surface area contributed by atoms with Crippen molar-refractivity contribution >= 4 is 27.6 Å². The zero-order valence-corrected chi connectivity index (χ0v) is 12.9. The minimum absolute atomic E-state index is 0.0409. The first-order valence-electron chi connectivity index (χ1n) is 6.49. The van der Waals surface area contributed by atoms with Gasteiger partial charge in [0.1, 0.15) is 5.75 Å². The van der Waals surface area contributed by atoms with Crippen LogP contribution < -0.4 is 10.1 Å². The van der Waals surface area contributed by atoms with Gasteiger partial charge in [-0.25, -0.2) is 4.79 Å². The van der Waals surface area contributed by atoms with Gasteiger partial charge in [0.25, 0.3) is 0 Å². The third-order valence-corrected chi connectivity index (χ3v) is 4.18. The van der Waals surface area contributed by atoms with E-state index in [-0.39, 0.29) is 6.03 Å². The first-order chi connectivity index (χ1) is 9.10. The smallest absolute Gasteiger partial charge is 0.321 e. The maximum absolute atomic E-state index is 12.2. The highest BCUT2D eigenvalue weighted by Gasteiger charge is 2.20. The summed E-state index contributed by atoms with van der Waals surface area (Å²) >= 11 is 3.43. The molecule has 2 amide bonds. The van der Waals surface area contributed by atoms with Crippen LogP contribution in [0.3, 0.4) is 0 Å². The number of hydrogen-bond donors (Lipinski definition) is 1. The van der Waals surface area contributed by atoms with Crippen molar-refractivity contribution in [3.8, 4) is 5.75 Å². The van der Waals surface area contributed by atoms with Crippen LogP contribution in [0.5, 0.6) is 5.75 Å². The van der Waals surface area contributed by atoms with E-state index < -0.39 is 0 Å². The summed E-state index contributed by atoms with van der Waals surface area (Å²) in [5, 5.41) is 2.93. The van der Waals surface area contributed by atoms with Crippen LogP contribution in [-0.4, -0.2) is 31.1 Å². The third kappa shape index (κ3) is 3.62. The van der Waals surface area contributed by atoms with Crippen LogP contribution in [0, 0.1) is 5.92 Å². The fraction of sp³-hybridized carbons (Fsp3) is 0.500. The Morgan fingerprint density at radius 3 is 2.74 bits per heavy atom. The summed E-state index contributed by atoms with van der Waals surface area (Å²) in [7, 11) is 1.61. The molecule has 0 bridgehead atoms. The fourth-order valence-corrected chi connectivity index (χ4v) is 2.48. The molecule has 0 aliphatic carbocycles. The Kier molecular flexibility index (Phi) is 4.69. The number of nitrogens with zero attached hydrogens (tertiary/aromatic N) is 1. The molecule has 19 heavy (non-hydrogen) atoms. The van der Waals surface area contributed by atoms with Crippen LogP contribution in [0.1, 0.15) is 19.8 Å². The van der Waals surface area contributed by atoms with Crippen LogP contribution in [0.2, 0.25) is 0 Å². The van der Waals surface area contributed by atoms with Crippen molar-refractivity contribution < 1.29 is 9.53 Å². The first-order valence-corrected chi connectivity index (χ1v) is 7.29. The van der Waals surface area contributed by atoms with Crippen LogP contribution in [0.4, 0.5) is 10.5 Å². The molecule has 0 aromatic heterocycles. The number of benzene rings is 1. The summed E-state index contributed by atoms with van der Waals surface area (Å²) < 4.78 is 6.02. The lowest BCUT2D eigenvalue weighted by Gasteiger charge is -2.30. The highest BCUT2D eigenvalue weighted by molar-refractivity contribution is 9.10. The number of rotatable bonds is 2. The molecule has 1 saturated heterocycles. The van der Waals surface area contributed by atoms with E-state index in [0.717, 1.165) is 41.8 Å². The standard InChI is InChI=1S/C14H19BrN2O2/c1-10-5-7-17(8-6-10)14(18)16-13-9-11(19-2)3-4-12(13)15/h3-4,9-10H,5-8H2,1-2H3,(H,16,18). The number of carbonyl (C=O) groups is 1. The minimum atomic E-state index is -0.0409. The van der Waals surface area contributed by atoms with Crippen molar-refractivity contribution in [1.29, 1.82) is 0 Å². The van der Waals surface area contributed by atoms with E-state index in [9.17, 15) is 4.79 Å². The number of ether oxygens (including phenoxy) is 1. The molecule has 0 saturated carbocycles. The maximum atomic E-state index is 12.2. The van der Waals surface area contributed by atoms with E-state index in [2.05, 4.69) is 28.2 Å². The van der Waals surface area contributed by atoms with Crippen LogP contribution >= 0.6 is 15.9 Å². The summed E-state index contributed by atoms with van der Waals surface area (Å²) in [6.07, 6.45) is 2.15. The molecule has 0 unspecified atom stereocenters. The average molecular weight is 327 g/mol. The van der Waals surface area contributed by atoms with Gasteiger partial charge in [0.15, 0.2) is 0 Å². The normalized spacial score (nSPS) is 16.3. The number of nitrogens with one attached hydrogen (secondary N) is 1. The summed E-state index contributed by atoms with van der Waals surface area (Å²) in [6.45, 7) is 3.89. The number of hydrogen-bond acceptors (Lipinski definition) is 2. The van der Waals surface area contributed by atoms with E-state index in [1.54, 1.807) is 7.11 Å². The second kappa shape index (κ2) is 6.28. The molecule has 0 spiro atoms. The summed E-state index contributed by atoms with van der Waals surface area (Å²) in [5.41, 5.74) is 0.739. The van der Waals surface area contributed by atoms with E-state index >= 15 is 0 Å². The Labute approximate surface area is 122 Å². The number of urea groups is 1. The molecule has 1 heterocycles. The molecular formula is C14H19BrN2O2. The molecule has 104 valence electrons. The Morgan fingerprint density at radius 1 is 1.42 bits per heavy atom. The van der Waals surface area contributed by atoms with E-state index in [1.807, 2.05) is 23.1 Å². The third-order valence-electron chi connectivity index (χ3n) is 3.49. The predicted molar refractivity (Wildman–Crippen MR) is 79.7 cm³/mol. The summed E-state index contributed by atoms with van der Waals surface area (Å²) in [6, 6.07) is 5.49. The molecule has 5 heteroatoms. The van der Waals surface area contributed by atoms with Crippen molar-refractivity contribution in [2.75, 3.05) is 25.5 Å². The summed E-state index contributed by atoms with van der Waals surface area (Å²) in [5.74, 6) is 1.44. The number of anilines is 1. The van der Waals surface area contributed by atoms with Crippen molar-refractivity contribution in [3.05, 3.63) is 22.7 Å². The minimum Gasteiger partial charge on any atom is -0.497 e. The van der Waals surface area contributed by atoms with E-state index in [4.69, 9.17) is 4.74 Å².